The number of carboxylic acids is 1. The Labute approximate surface area is 128 Å². The molecule has 1 aromatic carbocycles. The van der Waals surface area contributed by atoms with Crippen LogP contribution in [0.25, 0.3) is 0 Å². The van der Waals surface area contributed by atoms with Crippen molar-refractivity contribution in [3.8, 4) is 0 Å². The SMILES string of the molecule is O=C(O)C[C@H]1CN(C(=O)OCc2ccccc2)C[C@@H](CO)O1. The molecule has 1 aliphatic rings. The molecule has 0 unspecified atom stereocenters. The summed E-state index contributed by atoms with van der Waals surface area (Å²) >= 11 is 0. The number of rotatable bonds is 5. The van der Waals surface area contributed by atoms with Crippen LogP contribution in [0.3, 0.4) is 0 Å². The Morgan fingerprint density at radius 2 is 1.91 bits per heavy atom. The number of morpholine rings is 1. The quantitative estimate of drug-likeness (QED) is 0.837. The molecule has 22 heavy (non-hydrogen) atoms. The van der Waals surface area contributed by atoms with Crippen molar-refractivity contribution < 1.29 is 29.3 Å². The molecule has 1 amide bonds. The Bertz CT molecular complexity index is 506. The Morgan fingerprint density at radius 3 is 2.55 bits per heavy atom. The third kappa shape index (κ3) is 4.71. The highest BCUT2D eigenvalue weighted by molar-refractivity contribution is 5.69. The number of benzene rings is 1. The van der Waals surface area contributed by atoms with Crippen molar-refractivity contribution in [3.05, 3.63) is 35.9 Å². The molecule has 7 heteroatoms. The Morgan fingerprint density at radius 1 is 1.23 bits per heavy atom. The van der Waals surface area contributed by atoms with Crippen LogP contribution in [0.5, 0.6) is 0 Å². The summed E-state index contributed by atoms with van der Waals surface area (Å²) in [4.78, 5) is 24.2. The lowest BCUT2D eigenvalue weighted by Gasteiger charge is -2.36. The van der Waals surface area contributed by atoms with Crippen LogP contribution in [0.15, 0.2) is 30.3 Å². The van der Waals surface area contributed by atoms with E-state index in [0.29, 0.717) is 0 Å². The van der Waals surface area contributed by atoms with Crippen LogP contribution in [0.1, 0.15) is 12.0 Å². The van der Waals surface area contributed by atoms with Crippen LogP contribution in [-0.4, -0.2) is 59.1 Å². The van der Waals surface area contributed by atoms with E-state index >= 15 is 0 Å². The number of amides is 1. The molecule has 7 nitrogen and oxygen atoms in total. The number of ether oxygens (including phenoxy) is 2. The second kappa shape index (κ2) is 7.77. The molecular formula is C15H19NO6. The number of aliphatic carboxylic acids is 1. The number of carbonyl (C=O) groups is 2. The van der Waals surface area contributed by atoms with Gasteiger partial charge in [0.25, 0.3) is 0 Å². The third-order valence-corrected chi connectivity index (χ3v) is 3.30. The molecule has 1 heterocycles. The molecular weight excluding hydrogens is 290 g/mol. The molecule has 0 radical (unpaired) electrons. The minimum absolute atomic E-state index is 0.135. The van der Waals surface area contributed by atoms with Crippen LogP contribution in [0.4, 0.5) is 4.79 Å². The molecule has 0 aromatic heterocycles. The number of carbonyl (C=O) groups excluding carboxylic acids is 1. The number of aliphatic hydroxyl groups excluding tert-OH is 1. The number of nitrogens with zero attached hydrogens (tertiary/aromatic N) is 1. The van der Waals surface area contributed by atoms with Crippen LogP contribution in [0, 0.1) is 0 Å². The first-order chi connectivity index (χ1) is 10.6. The zero-order valence-corrected chi connectivity index (χ0v) is 12.1. The van der Waals surface area contributed by atoms with E-state index in [1.54, 1.807) is 0 Å². The first kappa shape index (κ1) is 16.3. The first-order valence-electron chi connectivity index (χ1n) is 7.02. The van der Waals surface area contributed by atoms with E-state index in [0.717, 1.165) is 5.56 Å². The largest absolute Gasteiger partial charge is 0.481 e. The maximum absolute atomic E-state index is 12.1. The number of aliphatic hydroxyl groups is 1. The maximum atomic E-state index is 12.1. The van der Waals surface area contributed by atoms with E-state index < -0.39 is 24.3 Å². The maximum Gasteiger partial charge on any atom is 0.410 e. The molecule has 1 aliphatic heterocycles. The molecule has 2 N–H and O–H groups in total. The van der Waals surface area contributed by atoms with E-state index in [1.807, 2.05) is 30.3 Å². The lowest BCUT2D eigenvalue weighted by atomic mass is 10.1. The van der Waals surface area contributed by atoms with Gasteiger partial charge in [0.05, 0.1) is 38.3 Å². The monoisotopic (exact) mass is 309 g/mol. The standard InChI is InChI=1S/C15H19NO6/c17-9-13-8-16(7-12(22-13)6-14(18)19)15(20)21-10-11-4-2-1-3-5-11/h1-5,12-13,17H,6-10H2,(H,18,19)/t12-,13-/m0/s1. The zero-order valence-electron chi connectivity index (χ0n) is 12.1. The minimum Gasteiger partial charge on any atom is -0.481 e. The zero-order chi connectivity index (χ0) is 15.9. The van der Waals surface area contributed by atoms with Gasteiger partial charge < -0.3 is 24.6 Å². The van der Waals surface area contributed by atoms with Gasteiger partial charge >= 0.3 is 12.1 Å². The van der Waals surface area contributed by atoms with Gasteiger partial charge in [0, 0.05) is 0 Å². The van der Waals surface area contributed by atoms with Crippen LogP contribution >= 0.6 is 0 Å². The van der Waals surface area contributed by atoms with Crippen LogP contribution < -0.4 is 0 Å². The average Bonchev–Trinajstić information content (AvgIpc) is 2.52. The van der Waals surface area contributed by atoms with Gasteiger partial charge in [0.2, 0.25) is 0 Å². The van der Waals surface area contributed by atoms with Gasteiger partial charge in [0.1, 0.15) is 6.61 Å². The molecule has 2 atom stereocenters. The third-order valence-electron chi connectivity index (χ3n) is 3.30. The predicted octanol–water partition coefficient (Wildman–Crippen LogP) is 0.860. The van der Waals surface area contributed by atoms with Gasteiger partial charge in [-0.2, -0.15) is 0 Å². The van der Waals surface area contributed by atoms with Crippen molar-refractivity contribution in [3.63, 3.8) is 0 Å². The number of hydrogen-bond acceptors (Lipinski definition) is 5. The van der Waals surface area contributed by atoms with Gasteiger partial charge in [-0.1, -0.05) is 30.3 Å². The van der Waals surface area contributed by atoms with Gasteiger partial charge in [-0.05, 0) is 5.56 Å². The van der Waals surface area contributed by atoms with Crippen molar-refractivity contribution >= 4 is 12.1 Å². The summed E-state index contributed by atoms with van der Waals surface area (Å²) < 4.78 is 10.6. The fourth-order valence-electron chi connectivity index (χ4n) is 2.29. The Balaban J connectivity index is 1.90. The summed E-state index contributed by atoms with van der Waals surface area (Å²) in [5.41, 5.74) is 0.866. The Hall–Kier alpha value is -2.12. The van der Waals surface area contributed by atoms with E-state index in [4.69, 9.17) is 14.6 Å². The number of hydrogen-bond donors (Lipinski definition) is 2. The molecule has 1 saturated heterocycles. The highest BCUT2D eigenvalue weighted by Crippen LogP contribution is 2.15. The molecule has 0 aliphatic carbocycles. The van der Waals surface area contributed by atoms with E-state index in [-0.39, 0.29) is 32.7 Å². The van der Waals surface area contributed by atoms with Crippen molar-refractivity contribution in [2.24, 2.45) is 0 Å². The molecule has 0 bridgehead atoms. The molecule has 1 fully saturated rings. The highest BCUT2D eigenvalue weighted by atomic mass is 16.6. The van der Waals surface area contributed by atoms with Crippen LogP contribution in [0.2, 0.25) is 0 Å². The summed E-state index contributed by atoms with van der Waals surface area (Å²) in [5.74, 6) is -1.01. The summed E-state index contributed by atoms with van der Waals surface area (Å²) in [6, 6.07) is 9.26. The summed E-state index contributed by atoms with van der Waals surface area (Å²) in [6.45, 7) is 0.180. The molecule has 0 saturated carbocycles. The van der Waals surface area contributed by atoms with Gasteiger partial charge in [-0.15, -0.1) is 0 Å². The fourth-order valence-corrected chi connectivity index (χ4v) is 2.29. The second-order valence-electron chi connectivity index (χ2n) is 5.11. The fraction of sp³-hybridized carbons (Fsp3) is 0.467. The van der Waals surface area contributed by atoms with Crippen molar-refractivity contribution in [2.45, 2.75) is 25.2 Å². The smallest absolute Gasteiger partial charge is 0.410 e. The van der Waals surface area contributed by atoms with Crippen LogP contribution in [-0.2, 0) is 20.9 Å². The van der Waals surface area contributed by atoms with E-state index in [9.17, 15) is 14.7 Å². The van der Waals surface area contributed by atoms with Crippen molar-refractivity contribution in [2.75, 3.05) is 19.7 Å². The Kier molecular flexibility index (Phi) is 5.74. The predicted molar refractivity (Wildman–Crippen MR) is 76.2 cm³/mol. The lowest BCUT2D eigenvalue weighted by Crippen LogP contribution is -2.51. The highest BCUT2D eigenvalue weighted by Gasteiger charge is 2.32. The number of carboxylic acid groups (broad SMARTS) is 1. The summed E-state index contributed by atoms with van der Waals surface area (Å²) in [6.07, 6.45) is -2.00. The van der Waals surface area contributed by atoms with Gasteiger partial charge in [-0.25, -0.2) is 4.79 Å². The molecule has 120 valence electrons. The van der Waals surface area contributed by atoms with Gasteiger partial charge in [-0.3, -0.25) is 4.79 Å². The summed E-state index contributed by atoms with van der Waals surface area (Å²) in [7, 11) is 0. The topological polar surface area (TPSA) is 96.3 Å². The minimum atomic E-state index is -1.01. The molecule has 2 rings (SSSR count). The average molecular weight is 309 g/mol. The van der Waals surface area contributed by atoms with E-state index in [2.05, 4.69) is 0 Å². The molecule has 1 aromatic rings. The normalized spacial score (nSPS) is 21.4. The second-order valence-corrected chi connectivity index (χ2v) is 5.11. The lowest BCUT2D eigenvalue weighted by molar-refractivity contribution is -0.147. The van der Waals surface area contributed by atoms with E-state index in [1.165, 1.54) is 4.90 Å². The van der Waals surface area contributed by atoms with Crippen molar-refractivity contribution in [1.82, 2.24) is 4.90 Å². The molecule has 0 spiro atoms. The first-order valence-corrected chi connectivity index (χ1v) is 7.02. The summed E-state index contributed by atoms with van der Waals surface area (Å²) in [5, 5.41) is 18.0. The van der Waals surface area contributed by atoms with Gasteiger partial charge in [0.15, 0.2) is 0 Å². The van der Waals surface area contributed by atoms with Crippen molar-refractivity contribution in [1.29, 1.82) is 0 Å².